The lowest BCUT2D eigenvalue weighted by Gasteiger charge is -2.36. The fourth-order valence-corrected chi connectivity index (χ4v) is 5.31. The number of hydrogen-bond acceptors (Lipinski definition) is 10. The number of aromatic nitrogens is 3. The predicted molar refractivity (Wildman–Crippen MR) is 136 cm³/mol. The van der Waals surface area contributed by atoms with Gasteiger partial charge in [-0.2, -0.15) is 4.31 Å². The molecule has 0 bridgehead atoms. The summed E-state index contributed by atoms with van der Waals surface area (Å²) in [6.45, 7) is 6.19. The highest BCUT2D eigenvalue weighted by Gasteiger charge is 2.35. The first-order valence-electron chi connectivity index (χ1n) is 12.1. The van der Waals surface area contributed by atoms with Crippen molar-refractivity contribution in [2.75, 3.05) is 24.7 Å². The number of pyridine rings is 3. The van der Waals surface area contributed by atoms with Crippen LogP contribution in [0.25, 0.3) is 10.8 Å². The highest BCUT2D eigenvalue weighted by Crippen LogP contribution is 2.35. The van der Waals surface area contributed by atoms with E-state index in [0.29, 0.717) is 51.5 Å². The standard InChI is InChI=1S/C25H29N5O6S/c1-5-20(31)18-9-27-24(36-15-11-30(12-15)37(4,33)34)19-10-26-22(8-17(18)19)28-21-7-6-16-23(29-21)13(2)14(3)35-25(16)32/h6-10,13-15,20,31H,5,11-12H2,1-4H3,(H,26,28,29)/t13-,14-,20-/m0/s1. The van der Waals surface area contributed by atoms with Crippen LogP contribution in [0.1, 0.15) is 60.8 Å². The van der Waals surface area contributed by atoms with Gasteiger partial charge in [-0.25, -0.2) is 28.2 Å². The number of nitrogens with zero attached hydrogens (tertiary/aromatic N) is 4. The summed E-state index contributed by atoms with van der Waals surface area (Å²) in [5.74, 6) is 0.909. The summed E-state index contributed by atoms with van der Waals surface area (Å²) in [5.41, 5.74) is 1.75. The molecule has 5 rings (SSSR count). The third-order valence-corrected chi connectivity index (χ3v) is 8.14. The summed E-state index contributed by atoms with van der Waals surface area (Å²) in [7, 11) is -3.26. The van der Waals surface area contributed by atoms with E-state index in [0.717, 1.165) is 0 Å². The van der Waals surface area contributed by atoms with E-state index in [2.05, 4.69) is 20.3 Å². The average molecular weight is 528 g/mol. The van der Waals surface area contributed by atoms with E-state index in [9.17, 15) is 18.3 Å². The third-order valence-electron chi connectivity index (χ3n) is 6.90. The van der Waals surface area contributed by atoms with E-state index < -0.39 is 16.1 Å². The number of cyclic esters (lactones) is 1. The molecule has 2 aliphatic rings. The number of anilines is 2. The molecule has 0 saturated carbocycles. The van der Waals surface area contributed by atoms with Crippen LogP contribution in [0.5, 0.6) is 5.88 Å². The first kappa shape index (κ1) is 25.3. The van der Waals surface area contributed by atoms with Gasteiger partial charge in [-0.1, -0.05) is 13.8 Å². The number of fused-ring (bicyclic) bond motifs is 2. The van der Waals surface area contributed by atoms with Crippen LogP contribution in [-0.2, 0) is 14.8 Å². The Morgan fingerprint density at radius 2 is 1.95 bits per heavy atom. The molecule has 11 nitrogen and oxygen atoms in total. The number of rotatable bonds is 7. The quantitative estimate of drug-likeness (QED) is 0.440. The molecule has 2 aliphatic heterocycles. The van der Waals surface area contributed by atoms with Crippen molar-refractivity contribution in [3.05, 3.63) is 47.4 Å². The number of carbonyl (C=O) groups is 1. The van der Waals surface area contributed by atoms with Gasteiger partial charge in [0.1, 0.15) is 23.8 Å². The van der Waals surface area contributed by atoms with Crippen LogP contribution in [0.2, 0.25) is 0 Å². The number of carbonyl (C=O) groups excluding carboxylic acids is 1. The topological polar surface area (TPSA) is 144 Å². The predicted octanol–water partition coefficient (Wildman–Crippen LogP) is 2.90. The maximum atomic E-state index is 12.2. The van der Waals surface area contributed by atoms with Gasteiger partial charge in [-0.3, -0.25) is 0 Å². The molecule has 3 aromatic rings. The molecule has 1 fully saturated rings. The van der Waals surface area contributed by atoms with Gasteiger partial charge in [0.05, 0.1) is 42.1 Å². The summed E-state index contributed by atoms with van der Waals surface area (Å²) in [6, 6.07) is 5.18. The minimum atomic E-state index is -3.26. The Bertz CT molecular complexity index is 1470. The van der Waals surface area contributed by atoms with Crippen LogP contribution in [0.15, 0.2) is 30.6 Å². The average Bonchev–Trinajstić information content (AvgIpc) is 2.83. The lowest BCUT2D eigenvalue weighted by Crippen LogP contribution is -2.55. The van der Waals surface area contributed by atoms with Crippen molar-refractivity contribution in [2.45, 2.75) is 51.4 Å². The lowest BCUT2D eigenvalue weighted by atomic mass is 9.94. The first-order valence-corrected chi connectivity index (χ1v) is 14.0. The van der Waals surface area contributed by atoms with Crippen LogP contribution in [0, 0.1) is 0 Å². The molecule has 0 amide bonds. The van der Waals surface area contributed by atoms with E-state index in [1.807, 2.05) is 20.8 Å². The van der Waals surface area contributed by atoms with Crippen LogP contribution < -0.4 is 10.1 Å². The normalized spacial score (nSPS) is 21.2. The van der Waals surface area contributed by atoms with Gasteiger partial charge < -0.3 is 19.9 Å². The third kappa shape index (κ3) is 4.83. The maximum Gasteiger partial charge on any atom is 0.340 e. The molecular weight excluding hydrogens is 498 g/mol. The lowest BCUT2D eigenvalue weighted by molar-refractivity contribution is 0.0235. The van der Waals surface area contributed by atoms with Crippen molar-refractivity contribution in [3.63, 3.8) is 0 Å². The summed E-state index contributed by atoms with van der Waals surface area (Å²) in [5, 5.41) is 15.1. The smallest absolute Gasteiger partial charge is 0.340 e. The molecule has 0 spiro atoms. The number of sulfonamides is 1. The minimum Gasteiger partial charge on any atom is -0.471 e. The highest BCUT2D eigenvalue weighted by atomic mass is 32.2. The van der Waals surface area contributed by atoms with Gasteiger partial charge in [-0.15, -0.1) is 0 Å². The van der Waals surface area contributed by atoms with Gasteiger partial charge in [-0.05, 0) is 36.9 Å². The SMILES string of the molecule is CC[C@H](O)c1cnc(OC2CN(S(C)(=O)=O)C2)c2cnc(Nc3ccc4c(n3)[C@@H](C)[C@H](C)OC4=O)cc12. The van der Waals surface area contributed by atoms with E-state index in [-0.39, 0.29) is 37.2 Å². The number of hydrogen-bond donors (Lipinski definition) is 2. The van der Waals surface area contributed by atoms with Crippen LogP contribution in [0.3, 0.4) is 0 Å². The van der Waals surface area contributed by atoms with Gasteiger partial charge in [0.25, 0.3) is 0 Å². The molecule has 3 atom stereocenters. The zero-order chi connectivity index (χ0) is 26.5. The Labute approximate surface area is 214 Å². The van der Waals surface area contributed by atoms with Gasteiger partial charge in [0, 0.05) is 23.9 Å². The fourth-order valence-electron chi connectivity index (χ4n) is 4.44. The maximum absolute atomic E-state index is 12.2. The second-order valence-electron chi connectivity index (χ2n) is 9.53. The van der Waals surface area contributed by atoms with Crippen molar-refractivity contribution in [3.8, 4) is 5.88 Å². The van der Waals surface area contributed by atoms with Crippen molar-refractivity contribution in [2.24, 2.45) is 0 Å². The molecule has 3 aromatic heterocycles. The first-order chi connectivity index (χ1) is 17.5. The molecule has 1 saturated heterocycles. The molecule has 2 N–H and O–H groups in total. The van der Waals surface area contributed by atoms with Crippen molar-refractivity contribution in [1.82, 2.24) is 19.3 Å². The number of esters is 1. The molecule has 0 radical (unpaired) electrons. The van der Waals surface area contributed by atoms with E-state index >= 15 is 0 Å². The molecule has 12 heteroatoms. The Kier molecular flexibility index (Phi) is 6.50. The summed E-state index contributed by atoms with van der Waals surface area (Å²) >= 11 is 0. The Hall–Kier alpha value is -3.35. The zero-order valence-corrected chi connectivity index (χ0v) is 21.8. The molecule has 5 heterocycles. The second kappa shape index (κ2) is 9.51. The molecule has 0 unspecified atom stereocenters. The molecule has 0 aromatic carbocycles. The van der Waals surface area contributed by atoms with E-state index in [4.69, 9.17) is 9.47 Å². The number of aliphatic hydroxyl groups is 1. The molecule has 37 heavy (non-hydrogen) atoms. The van der Waals surface area contributed by atoms with Crippen LogP contribution in [0.4, 0.5) is 11.6 Å². The van der Waals surface area contributed by atoms with Crippen LogP contribution in [-0.4, -0.2) is 70.3 Å². The zero-order valence-electron chi connectivity index (χ0n) is 21.0. The molecule has 196 valence electrons. The molecule has 0 aliphatic carbocycles. The highest BCUT2D eigenvalue weighted by molar-refractivity contribution is 7.88. The number of ether oxygens (including phenoxy) is 2. The molecular formula is C25H29N5O6S. The number of aliphatic hydroxyl groups excluding tert-OH is 1. The second-order valence-corrected chi connectivity index (χ2v) is 11.5. The van der Waals surface area contributed by atoms with Gasteiger partial charge >= 0.3 is 5.97 Å². The fraction of sp³-hybridized carbons (Fsp3) is 0.440. The van der Waals surface area contributed by atoms with Crippen LogP contribution >= 0.6 is 0 Å². The van der Waals surface area contributed by atoms with Crippen molar-refractivity contribution in [1.29, 1.82) is 0 Å². The largest absolute Gasteiger partial charge is 0.471 e. The van der Waals surface area contributed by atoms with Crippen molar-refractivity contribution >= 4 is 38.4 Å². The van der Waals surface area contributed by atoms with E-state index in [1.165, 1.54) is 10.6 Å². The summed E-state index contributed by atoms with van der Waals surface area (Å²) in [4.78, 5) is 25.8. The summed E-state index contributed by atoms with van der Waals surface area (Å²) in [6.07, 6.45) is 3.52. The minimum absolute atomic E-state index is 0.0544. The van der Waals surface area contributed by atoms with Gasteiger partial charge in [0.15, 0.2) is 0 Å². The Morgan fingerprint density at radius 3 is 2.65 bits per heavy atom. The monoisotopic (exact) mass is 527 g/mol. The van der Waals surface area contributed by atoms with Crippen molar-refractivity contribution < 1.29 is 27.8 Å². The summed E-state index contributed by atoms with van der Waals surface area (Å²) < 4.78 is 36.0. The van der Waals surface area contributed by atoms with E-state index in [1.54, 1.807) is 30.6 Å². The van der Waals surface area contributed by atoms with Gasteiger partial charge in [0.2, 0.25) is 15.9 Å². The Balaban J connectivity index is 1.45. The number of nitrogens with one attached hydrogen (secondary N) is 1. The Morgan fingerprint density at radius 1 is 1.19 bits per heavy atom.